The lowest BCUT2D eigenvalue weighted by Crippen LogP contribution is -2.32. The Labute approximate surface area is 106 Å². The normalized spacial score (nSPS) is 11.5. The van der Waals surface area contributed by atoms with Crippen molar-refractivity contribution in [3.8, 4) is 0 Å². The summed E-state index contributed by atoms with van der Waals surface area (Å²) in [6.07, 6.45) is 1.21. The standard InChI is InChI=1S/C10H15BO4S2/c1-17(14,15)7-6-16-8-9-4-2-3-5-10(9)11(12)13/h2-5,12-13H,6-8H2,1H3. The quantitative estimate of drug-likeness (QED) is 0.547. The van der Waals surface area contributed by atoms with Crippen molar-refractivity contribution in [1.29, 1.82) is 0 Å². The molecular weight excluding hydrogens is 259 g/mol. The Morgan fingerprint density at radius 1 is 1.29 bits per heavy atom. The van der Waals surface area contributed by atoms with Crippen LogP contribution in [0.1, 0.15) is 5.56 Å². The number of benzene rings is 1. The minimum atomic E-state index is -2.92. The van der Waals surface area contributed by atoms with Crippen molar-refractivity contribution in [2.75, 3.05) is 17.8 Å². The molecule has 1 aromatic rings. The summed E-state index contributed by atoms with van der Waals surface area (Å²) in [5.41, 5.74) is 1.29. The van der Waals surface area contributed by atoms with Crippen molar-refractivity contribution in [3.63, 3.8) is 0 Å². The molecule has 0 atom stereocenters. The van der Waals surface area contributed by atoms with E-state index in [0.29, 0.717) is 17.0 Å². The summed E-state index contributed by atoms with van der Waals surface area (Å²) in [6, 6.07) is 7.01. The number of hydrogen-bond donors (Lipinski definition) is 2. The van der Waals surface area contributed by atoms with E-state index >= 15 is 0 Å². The number of thioether (sulfide) groups is 1. The van der Waals surface area contributed by atoms with Gasteiger partial charge in [-0.15, -0.1) is 0 Å². The van der Waals surface area contributed by atoms with Crippen LogP contribution in [-0.4, -0.2) is 43.3 Å². The van der Waals surface area contributed by atoms with Gasteiger partial charge in [0.15, 0.2) is 0 Å². The van der Waals surface area contributed by atoms with Crippen molar-refractivity contribution in [2.45, 2.75) is 5.75 Å². The summed E-state index contributed by atoms with van der Waals surface area (Å²) in [5.74, 6) is 1.22. The van der Waals surface area contributed by atoms with Gasteiger partial charge in [-0.3, -0.25) is 0 Å². The molecule has 0 spiro atoms. The van der Waals surface area contributed by atoms with Gasteiger partial charge in [0.2, 0.25) is 0 Å². The highest BCUT2D eigenvalue weighted by Gasteiger charge is 2.14. The Hall–Kier alpha value is -0.495. The molecule has 1 rings (SSSR count). The van der Waals surface area contributed by atoms with Crippen LogP contribution in [0.4, 0.5) is 0 Å². The summed E-state index contributed by atoms with van der Waals surface area (Å²) < 4.78 is 21.8. The maximum Gasteiger partial charge on any atom is 0.488 e. The third-order valence-electron chi connectivity index (χ3n) is 2.19. The largest absolute Gasteiger partial charge is 0.488 e. The van der Waals surface area contributed by atoms with Gasteiger partial charge in [-0.1, -0.05) is 24.3 Å². The molecule has 0 amide bonds. The fourth-order valence-electron chi connectivity index (χ4n) is 1.31. The Balaban J connectivity index is 2.52. The second kappa shape index (κ2) is 6.44. The van der Waals surface area contributed by atoms with E-state index < -0.39 is 17.0 Å². The molecule has 0 saturated heterocycles. The lowest BCUT2D eigenvalue weighted by molar-refractivity contribution is 0.425. The zero-order valence-electron chi connectivity index (χ0n) is 9.54. The highest BCUT2D eigenvalue weighted by atomic mass is 32.2. The molecule has 7 heteroatoms. The molecule has 94 valence electrons. The molecule has 0 aliphatic carbocycles. The first-order valence-corrected chi connectivity index (χ1v) is 8.31. The molecule has 0 heterocycles. The van der Waals surface area contributed by atoms with Gasteiger partial charge in [-0.05, 0) is 11.0 Å². The van der Waals surface area contributed by atoms with Crippen LogP contribution in [0.2, 0.25) is 0 Å². The first kappa shape index (κ1) is 14.6. The Morgan fingerprint density at radius 2 is 1.94 bits per heavy atom. The van der Waals surface area contributed by atoms with Crippen molar-refractivity contribution in [1.82, 2.24) is 0 Å². The summed E-state index contributed by atoms with van der Waals surface area (Å²) >= 11 is 1.46. The van der Waals surface area contributed by atoms with Gasteiger partial charge in [0, 0.05) is 17.8 Å². The average molecular weight is 274 g/mol. The number of sulfone groups is 1. The van der Waals surface area contributed by atoms with Gasteiger partial charge >= 0.3 is 7.12 Å². The molecule has 0 radical (unpaired) electrons. The van der Waals surface area contributed by atoms with E-state index in [1.54, 1.807) is 12.1 Å². The van der Waals surface area contributed by atoms with Gasteiger partial charge in [0.1, 0.15) is 9.84 Å². The number of rotatable bonds is 6. The van der Waals surface area contributed by atoms with E-state index in [9.17, 15) is 8.42 Å². The van der Waals surface area contributed by atoms with Crippen molar-refractivity contribution < 1.29 is 18.5 Å². The zero-order valence-corrected chi connectivity index (χ0v) is 11.2. The molecular formula is C10H15BO4S2. The Kier molecular flexibility index (Phi) is 5.52. The van der Waals surface area contributed by atoms with Gasteiger partial charge < -0.3 is 10.0 Å². The Morgan fingerprint density at radius 3 is 2.53 bits per heavy atom. The second-order valence-electron chi connectivity index (χ2n) is 3.75. The molecule has 2 N–H and O–H groups in total. The lowest BCUT2D eigenvalue weighted by Gasteiger charge is -2.07. The van der Waals surface area contributed by atoms with Gasteiger partial charge in [0.25, 0.3) is 0 Å². The van der Waals surface area contributed by atoms with Crippen LogP contribution < -0.4 is 5.46 Å². The summed E-state index contributed by atoms with van der Waals surface area (Å²) in [7, 11) is -4.41. The number of hydrogen-bond acceptors (Lipinski definition) is 5. The smallest absolute Gasteiger partial charge is 0.423 e. The van der Waals surface area contributed by atoms with Crippen LogP contribution in [0.5, 0.6) is 0 Å². The van der Waals surface area contributed by atoms with Crippen LogP contribution in [0.25, 0.3) is 0 Å². The molecule has 0 fully saturated rings. The fraction of sp³-hybridized carbons (Fsp3) is 0.400. The molecule has 0 aliphatic heterocycles. The van der Waals surface area contributed by atoms with Crippen molar-refractivity contribution in [2.24, 2.45) is 0 Å². The van der Waals surface area contributed by atoms with E-state index in [1.165, 1.54) is 18.0 Å². The summed E-state index contributed by atoms with van der Waals surface area (Å²) in [6.45, 7) is 0. The topological polar surface area (TPSA) is 74.6 Å². The van der Waals surface area contributed by atoms with Crippen LogP contribution in [0, 0.1) is 0 Å². The molecule has 0 aliphatic rings. The molecule has 0 unspecified atom stereocenters. The molecule has 0 saturated carbocycles. The average Bonchev–Trinajstić information content (AvgIpc) is 2.23. The predicted molar refractivity (Wildman–Crippen MR) is 72.1 cm³/mol. The Bertz CT molecular complexity index is 459. The summed E-state index contributed by atoms with van der Waals surface area (Å²) in [4.78, 5) is 0. The van der Waals surface area contributed by atoms with E-state index in [4.69, 9.17) is 10.0 Å². The molecule has 4 nitrogen and oxygen atoms in total. The van der Waals surface area contributed by atoms with Gasteiger partial charge in [0.05, 0.1) is 5.75 Å². The van der Waals surface area contributed by atoms with E-state index in [-0.39, 0.29) is 5.75 Å². The maximum absolute atomic E-state index is 10.9. The highest BCUT2D eigenvalue weighted by molar-refractivity contribution is 7.99. The van der Waals surface area contributed by atoms with Crippen LogP contribution in [-0.2, 0) is 15.6 Å². The minimum Gasteiger partial charge on any atom is -0.423 e. The van der Waals surface area contributed by atoms with Crippen LogP contribution in [0.15, 0.2) is 24.3 Å². The first-order valence-electron chi connectivity index (χ1n) is 5.09. The SMILES string of the molecule is CS(=O)(=O)CCSCc1ccccc1B(O)O. The lowest BCUT2D eigenvalue weighted by atomic mass is 9.77. The van der Waals surface area contributed by atoms with Gasteiger partial charge in [-0.25, -0.2) is 8.42 Å². The van der Waals surface area contributed by atoms with E-state index in [0.717, 1.165) is 5.56 Å². The third kappa shape index (κ3) is 5.58. The maximum atomic E-state index is 10.9. The first-order chi connectivity index (χ1) is 7.90. The molecule has 17 heavy (non-hydrogen) atoms. The molecule has 0 aromatic heterocycles. The van der Waals surface area contributed by atoms with Crippen LogP contribution in [0.3, 0.4) is 0 Å². The third-order valence-corrected chi connectivity index (χ3v) is 4.40. The van der Waals surface area contributed by atoms with Gasteiger partial charge in [-0.2, -0.15) is 11.8 Å². The van der Waals surface area contributed by atoms with E-state index in [2.05, 4.69) is 0 Å². The fourth-order valence-corrected chi connectivity index (χ4v) is 3.62. The molecule has 0 bridgehead atoms. The predicted octanol–water partition coefficient (Wildman–Crippen LogP) is -0.356. The highest BCUT2D eigenvalue weighted by Crippen LogP contribution is 2.11. The minimum absolute atomic E-state index is 0.140. The van der Waals surface area contributed by atoms with Crippen molar-refractivity contribution in [3.05, 3.63) is 29.8 Å². The zero-order chi connectivity index (χ0) is 12.9. The van der Waals surface area contributed by atoms with Crippen LogP contribution >= 0.6 is 11.8 Å². The second-order valence-corrected chi connectivity index (χ2v) is 7.12. The van der Waals surface area contributed by atoms with E-state index in [1.807, 2.05) is 12.1 Å². The monoisotopic (exact) mass is 274 g/mol. The molecule has 1 aromatic carbocycles. The summed E-state index contributed by atoms with van der Waals surface area (Å²) in [5, 5.41) is 18.3. The van der Waals surface area contributed by atoms with Crippen molar-refractivity contribution >= 4 is 34.2 Å².